The first-order valence-corrected chi connectivity index (χ1v) is 12.9. The Morgan fingerprint density at radius 3 is 2.23 bits per heavy atom. The van der Waals surface area contributed by atoms with Crippen LogP contribution in [0.5, 0.6) is 0 Å². The van der Waals surface area contributed by atoms with E-state index in [1.54, 1.807) is 26.0 Å². The Morgan fingerprint density at radius 2 is 1.69 bits per heavy atom. The first-order valence-electron chi connectivity index (χ1n) is 10.7. The van der Waals surface area contributed by atoms with E-state index >= 15 is 0 Å². The van der Waals surface area contributed by atoms with Gasteiger partial charge in [0.1, 0.15) is 18.4 Å². The largest absolute Gasteiger partial charge is 0.352 e. The molecule has 0 unspecified atom stereocenters. The number of carbonyl (C=O) groups is 2. The number of carbonyl (C=O) groups excluding carboxylic acids is 2. The Kier molecular flexibility index (Phi) is 9.91. The van der Waals surface area contributed by atoms with Gasteiger partial charge in [-0.3, -0.25) is 9.59 Å². The maximum atomic E-state index is 14.6. The van der Waals surface area contributed by atoms with Gasteiger partial charge in [-0.15, -0.1) is 0 Å². The third-order valence-electron chi connectivity index (χ3n) is 5.09. The summed E-state index contributed by atoms with van der Waals surface area (Å²) in [5, 5.41) is 3.41. The number of halogens is 3. The van der Waals surface area contributed by atoms with Crippen LogP contribution in [0.4, 0.5) is 10.1 Å². The minimum absolute atomic E-state index is 0.103. The Labute approximate surface area is 215 Å². The fourth-order valence-electron chi connectivity index (χ4n) is 3.18. The van der Waals surface area contributed by atoms with Crippen molar-refractivity contribution in [2.45, 2.75) is 39.4 Å². The Morgan fingerprint density at radius 1 is 1.06 bits per heavy atom. The predicted octanol–water partition coefficient (Wildman–Crippen LogP) is 3.69. The Balaban J connectivity index is 2.51. The van der Waals surface area contributed by atoms with E-state index < -0.39 is 40.4 Å². The molecule has 0 radical (unpaired) electrons. The van der Waals surface area contributed by atoms with E-state index in [0.29, 0.717) is 14.9 Å². The van der Waals surface area contributed by atoms with Crippen molar-refractivity contribution in [1.82, 2.24) is 14.5 Å². The van der Waals surface area contributed by atoms with Gasteiger partial charge in [-0.1, -0.05) is 41.4 Å². The molecule has 0 aliphatic carbocycles. The Bertz CT molecular complexity index is 1180. The molecule has 2 aromatic rings. The monoisotopic (exact) mass is 546 g/mol. The van der Waals surface area contributed by atoms with Gasteiger partial charge in [-0.2, -0.15) is 12.7 Å². The number of hydrogen-bond acceptors (Lipinski definition) is 4. The molecule has 0 bridgehead atoms. The number of anilines is 1. The number of para-hydroxylation sites is 1. The number of hydrogen-bond donors (Lipinski definition) is 1. The quantitative estimate of drug-likeness (QED) is 0.492. The summed E-state index contributed by atoms with van der Waals surface area (Å²) in [4.78, 5) is 27.5. The van der Waals surface area contributed by atoms with Crippen molar-refractivity contribution < 1.29 is 22.4 Å². The van der Waals surface area contributed by atoms with Crippen molar-refractivity contribution in [1.29, 1.82) is 0 Å². The van der Waals surface area contributed by atoms with Gasteiger partial charge in [-0.25, -0.2) is 8.70 Å². The SMILES string of the molecule is CC(C)NC(=O)[C@@H](C)N(Cc1ccc(Cl)cc1Cl)C(=O)CN(c1ccccc1F)S(=O)(=O)N(C)C. The third-order valence-corrected chi connectivity index (χ3v) is 7.49. The lowest BCUT2D eigenvalue weighted by Gasteiger charge is -2.33. The van der Waals surface area contributed by atoms with Crippen LogP contribution >= 0.6 is 23.2 Å². The van der Waals surface area contributed by atoms with Crippen LogP contribution in [0.3, 0.4) is 0 Å². The van der Waals surface area contributed by atoms with Gasteiger partial charge >= 0.3 is 10.2 Å². The lowest BCUT2D eigenvalue weighted by molar-refractivity contribution is -0.139. The summed E-state index contributed by atoms with van der Waals surface area (Å²) in [6.07, 6.45) is 0. The van der Waals surface area contributed by atoms with E-state index in [4.69, 9.17) is 23.2 Å². The molecule has 0 heterocycles. The molecule has 192 valence electrons. The van der Waals surface area contributed by atoms with Crippen molar-refractivity contribution in [3.05, 3.63) is 63.9 Å². The molecule has 0 saturated carbocycles. The maximum Gasteiger partial charge on any atom is 0.304 e. The third kappa shape index (κ3) is 7.30. The summed E-state index contributed by atoms with van der Waals surface area (Å²) in [6.45, 7) is 4.22. The van der Waals surface area contributed by atoms with Crippen LogP contribution in [0.2, 0.25) is 10.0 Å². The molecule has 2 amide bonds. The summed E-state index contributed by atoms with van der Waals surface area (Å²) in [6, 6.07) is 8.77. The Hall–Kier alpha value is -2.40. The fourth-order valence-corrected chi connectivity index (χ4v) is 4.71. The number of benzene rings is 2. The van der Waals surface area contributed by atoms with Crippen LogP contribution in [0.1, 0.15) is 26.3 Å². The van der Waals surface area contributed by atoms with Crippen molar-refractivity contribution >= 4 is 50.9 Å². The van der Waals surface area contributed by atoms with Crippen LogP contribution in [0.25, 0.3) is 0 Å². The molecule has 0 aliphatic heterocycles. The summed E-state index contributed by atoms with van der Waals surface area (Å²) in [5.41, 5.74) is 0.208. The first kappa shape index (κ1) is 28.8. The van der Waals surface area contributed by atoms with Crippen molar-refractivity contribution in [3.8, 4) is 0 Å². The van der Waals surface area contributed by atoms with Crippen molar-refractivity contribution in [3.63, 3.8) is 0 Å². The molecule has 0 aliphatic rings. The van der Waals surface area contributed by atoms with Gasteiger partial charge in [0, 0.05) is 36.7 Å². The molecule has 0 aromatic heterocycles. The van der Waals surface area contributed by atoms with E-state index in [1.165, 1.54) is 50.2 Å². The maximum absolute atomic E-state index is 14.6. The van der Waals surface area contributed by atoms with Gasteiger partial charge in [-0.05, 0) is 50.6 Å². The smallest absolute Gasteiger partial charge is 0.304 e. The van der Waals surface area contributed by atoms with Crippen LogP contribution in [-0.2, 0) is 26.3 Å². The van der Waals surface area contributed by atoms with Crippen molar-refractivity contribution in [2.24, 2.45) is 0 Å². The summed E-state index contributed by atoms with van der Waals surface area (Å²) < 4.78 is 42.2. The highest BCUT2D eigenvalue weighted by atomic mass is 35.5. The molecular formula is C23H29Cl2FN4O4S. The number of amides is 2. The highest BCUT2D eigenvalue weighted by Gasteiger charge is 2.34. The number of rotatable bonds is 10. The second-order valence-electron chi connectivity index (χ2n) is 8.34. The average Bonchev–Trinajstić information content (AvgIpc) is 2.76. The normalized spacial score (nSPS) is 12.5. The van der Waals surface area contributed by atoms with E-state index in [-0.39, 0.29) is 23.3 Å². The molecule has 2 aromatic carbocycles. The minimum atomic E-state index is -4.26. The average molecular weight is 547 g/mol. The fraction of sp³-hybridized carbons (Fsp3) is 0.391. The lowest BCUT2D eigenvalue weighted by atomic mass is 10.1. The molecule has 2 rings (SSSR count). The molecule has 1 N–H and O–H groups in total. The van der Waals surface area contributed by atoms with Gasteiger partial charge in [0.25, 0.3) is 0 Å². The molecule has 1 atom stereocenters. The topological polar surface area (TPSA) is 90.0 Å². The first-order chi connectivity index (χ1) is 16.2. The van der Waals surface area contributed by atoms with Crippen LogP contribution in [-0.4, -0.2) is 62.2 Å². The molecule has 8 nitrogen and oxygen atoms in total. The van der Waals surface area contributed by atoms with Crippen LogP contribution in [0.15, 0.2) is 42.5 Å². The summed E-state index contributed by atoms with van der Waals surface area (Å²) in [5.74, 6) is -1.98. The molecule has 35 heavy (non-hydrogen) atoms. The zero-order valence-electron chi connectivity index (χ0n) is 20.1. The molecule has 0 fully saturated rings. The highest BCUT2D eigenvalue weighted by molar-refractivity contribution is 7.90. The molecule has 0 spiro atoms. The molecule has 12 heteroatoms. The summed E-state index contributed by atoms with van der Waals surface area (Å²) >= 11 is 12.3. The van der Waals surface area contributed by atoms with E-state index in [1.807, 2.05) is 0 Å². The second kappa shape index (κ2) is 12.0. The highest BCUT2D eigenvalue weighted by Crippen LogP contribution is 2.26. The van der Waals surface area contributed by atoms with Crippen LogP contribution < -0.4 is 9.62 Å². The zero-order chi connectivity index (χ0) is 26.5. The van der Waals surface area contributed by atoms with Crippen molar-refractivity contribution in [2.75, 3.05) is 24.9 Å². The van der Waals surface area contributed by atoms with Crippen LogP contribution in [0, 0.1) is 5.82 Å². The molecule has 0 saturated heterocycles. The molecular weight excluding hydrogens is 518 g/mol. The standard InChI is InChI=1S/C23H29Cl2FN4O4S/c1-15(2)27-23(32)16(3)29(13-17-10-11-18(24)12-19(17)25)22(31)14-30(35(33,34)28(4)5)21-9-7-6-8-20(21)26/h6-12,15-16H,13-14H2,1-5H3,(H,27,32)/t16-/m1/s1. The minimum Gasteiger partial charge on any atom is -0.352 e. The van der Waals surface area contributed by atoms with Gasteiger partial charge in [0.15, 0.2) is 0 Å². The van der Waals surface area contributed by atoms with E-state index in [0.717, 1.165) is 10.4 Å². The predicted molar refractivity (Wildman–Crippen MR) is 136 cm³/mol. The lowest BCUT2D eigenvalue weighted by Crippen LogP contribution is -2.53. The summed E-state index contributed by atoms with van der Waals surface area (Å²) in [7, 11) is -1.71. The van der Waals surface area contributed by atoms with E-state index in [9.17, 15) is 22.4 Å². The second-order valence-corrected chi connectivity index (χ2v) is 11.3. The van der Waals surface area contributed by atoms with Gasteiger partial charge < -0.3 is 10.2 Å². The zero-order valence-corrected chi connectivity index (χ0v) is 22.5. The van der Waals surface area contributed by atoms with E-state index in [2.05, 4.69) is 5.32 Å². The number of nitrogens with zero attached hydrogens (tertiary/aromatic N) is 3. The number of nitrogens with one attached hydrogen (secondary N) is 1. The van der Waals surface area contributed by atoms with Gasteiger partial charge in [0.2, 0.25) is 11.8 Å². The van der Waals surface area contributed by atoms with Gasteiger partial charge in [0.05, 0.1) is 5.69 Å².